The molecule has 0 aliphatic heterocycles. The lowest BCUT2D eigenvalue weighted by molar-refractivity contribution is 0.287. The van der Waals surface area contributed by atoms with Gasteiger partial charge in [-0.05, 0) is 81.5 Å². The fourth-order valence-electron chi connectivity index (χ4n) is 3.04. The number of hydrogen-bond donors (Lipinski definition) is 1. The van der Waals surface area contributed by atoms with Gasteiger partial charge in [-0.25, -0.2) is 13.1 Å². The summed E-state index contributed by atoms with van der Waals surface area (Å²) in [6.45, 7) is 12.6. The number of ether oxygens (including phenoxy) is 2. The first-order valence-electron chi connectivity index (χ1n) is 9.16. The van der Waals surface area contributed by atoms with Gasteiger partial charge in [-0.15, -0.1) is 0 Å². The molecule has 0 heterocycles. The summed E-state index contributed by atoms with van der Waals surface area (Å²) in [4.78, 5) is 0.371. The van der Waals surface area contributed by atoms with Crippen LogP contribution in [0.15, 0.2) is 29.2 Å². The molecule has 1 N–H and O–H groups in total. The van der Waals surface area contributed by atoms with E-state index in [2.05, 4.69) is 4.72 Å². The lowest BCUT2D eigenvalue weighted by Crippen LogP contribution is -2.25. The van der Waals surface area contributed by atoms with E-state index in [1.807, 2.05) is 65.8 Å². The SMILES string of the molecule is CCOc1ccc(CNS(=O)(=O)c2c(C)c(C)cc(C)c2C)cc1OCC. The van der Waals surface area contributed by atoms with Crippen LogP contribution in [0.4, 0.5) is 0 Å². The maximum atomic E-state index is 13.0. The number of sulfonamides is 1. The van der Waals surface area contributed by atoms with Crippen molar-refractivity contribution in [3.8, 4) is 11.5 Å². The Morgan fingerprint density at radius 1 is 0.852 bits per heavy atom. The maximum absolute atomic E-state index is 13.0. The Hall–Kier alpha value is -2.05. The van der Waals surface area contributed by atoms with Gasteiger partial charge in [0.1, 0.15) is 0 Å². The molecule has 0 aliphatic rings. The smallest absolute Gasteiger partial charge is 0.241 e. The van der Waals surface area contributed by atoms with E-state index < -0.39 is 10.0 Å². The van der Waals surface area contributed by atoms with Crippen LogP contribution < -0.4 is 14.2 Å². The summed E-state index contributed by atoms with van der Waals surface area (Å²) in [6.07, 6.45) is 0. The number of aryl methyl sites for hydroxylation is 2. The summed E-state index contributed by atoms with van der Waals surface area (Å²) in [7, 11) is -3.63. The molecule has 0 unspecified atom stereocenters. The summed E-state index contributed by atoms with van der Waals surface area (Å²) in [5, 5.41) is 0. The summed E-state index contributed by atoms with van der Waals surface area (Å²) < 4.78 is 39.8. The van der Waals surface area contributed by atoms with Gasteiger partial charge < -0.3 is 9.47 Å². The standard InChI is InChI=1S/C21H29NO4S/c1-7-25-19-10-9-18(12-20(19)26-8-2)13-22-27(23,24)21-16(5)14(3)11-15(4)17(21)6/h9-12,22H,7-8,13H2,1-6H3. The monoisotopic (exact) mass is 391 g/mol. The Balaban J connectivity index is 2.30. The van der Waals surface area contributed by atoms with Crippen LogP contribution in [0.25, 0.3) is 0 Å². The van der Waals surface area contributed by atoms with Crippen LogP contribution in [0.5, 0.6) is 11.5 Å². The highest BCUT2D eigenvalue weighted by molar-refractivity contribution is 7.89. The summed E-state index contributed by atoms with van der Waals surface area (Å²) in [5.74, 6) is 1.28. The lowest BCUT2D eigenvalue weighted by atomic mass is 10.0. The number of benzene rings is 2. The van der Waals surface area contributed by atoms with Gasteiger partial charge in [0.25, 0.3) is 0 Å². The highest BCUT2D eigenvalue weighted by Crippen LogP contribution is 2.29. The second-order valence-corrected chi connectivity index (χ2v) is 8.26. The number of rotatable bonds is 8. The Labute approximate surface area is 162 Å². The van der Waals surface area contributed by atoms with E-state index in [4.69, 9.17) is 9.47 Å². The van der Waals surface area contributed by atoms with Crippen LogP contribution in [0.2, 0.25) is 0 Å². The molecule has 6 heteroatoms. The van der Waals surface area contributed by atoms with Crippen molar-refractivity contribution in [2.24, 2.45) is 0 Å². The zero-order chi connectivity index (χ0) is 20.2. The van der Waals surface area contributed by atoms with E-state index in [1.165, 1.54) is 0 Å². The molecular weight excluding hydrogens is 362 g/mol. The Kier molecular flexibility index (Phi) is 6.89. The number of hydrogen-bond acceptors (Lipinski definition) is 4. The highest BCUT2D eigenvalue weighted by Gasteiger charge is 2.22. The van der Waals surface area contributed by atoms with Crippen LogP contribution in [0.1, 0.15) is 41.7 Å². The molecule has 148 valence electrons. The average molecular weight is 392 g/mol. The van der Waals surface area contributed by atoms with Gasteiger partial charge >= 0.3 is 0 Å². The molecule has 0 fully saturated rings. The van der Waals surface area contributed by atoms with Crippen LogP contribution in [-0.4, -0.2) is 21.6 Å². The van der Waals surface area contributed by atoms with E-state index in [1.54, 1.807) is 0 Å². The van der Waals surface area contributed by atoms with Gasteiger partial charge in [0, 0.05) is 6.54 Å². The normalized spacial score (nSPS) is 11.5. The fourth-order valence-corrected chi connectivity index (χ4v) is 4.67. The molecule has 0 saturated carbocycles. The first-order valence-corrected chi connectivity index (χ1v) is 10.6. The van der Waals surface area contributed by atoms with Crippen molar-refractivity contribution in [3.63, 3.8) is 0 Å². The minimum absolute atomic E-state index is 0.181. The Morgan fingerprint density at radius 2 is 1.41 bits per heavy atom. The molecule has 0 saturated heterocycles. The van der Waals surface area contributed by atoms with Crippen molar-refractivity contribution < 1.29 is 17.9 Å². The molecule has 0 atom stereocenters. The first-order chi connectivity index (χ1) is 12.7. The summed E-state index contributed by atoms with van der Waals surface area (Å²) >= 11 is 0. The zero-order valence-electron chi connectivity index (χ0n) is 17.0. The van der Waals surface area contributed by atoms with Crippen molar-refractivity contribution in [2.75, 3.05) is 13.2 Å². The molecule has 0 bridgehead atoms. The predicted molar refractivity (Wildman–Crippen MR) is 108 cm³/mol. The van der Waals surface area contributed by atoms with Gasteiger partial charge in [0.05, 0.1) is 18.1 Å². The Morgan fingerprint density at radius 3 is 1.96 bits per heavy atom. The van der Waals surface area contributed by atoms with Gasteiger partial charge in [-0.2, -0.15) is 0 Å². The van der Waals surface area contributed by atoms with Crippen molar-refractivity contribution in [3.05, 3.63) is 52.1 Å². The third-order valence-corrected chi connectivity index (χ3v) is 6.31. The fraction of sp³-hybridized carbons (Fsp3) is 0.429. The van der Waals surface area contributed by atoms with Crippen LogP contribution in [-0.2, 0) is 16.6 Å². The van der Waals surface area contributed by atoms with Gasteiger partial charge in [-0.3, -0.25) is 0 Å². The largest absolute Gasteiger partial charge is 0.490 e. The molecule has 0 amide bonds. The van der Waals surface area contributed by atoms with E-state index in [-0.39, 0.29) is 6.54 Å². The quantitative estimate of drug-likeness (QED) is 0.733. The van der Waals surface area contributed by atoms with Crippen molar-refractivity contribution in [1.29, 1.82) is 0 Å². The van der Waals surface area contributed by atoms with Crippen molar-refractivity contribution in [1.82, 2.24) is 4.72 Å². The van der Waals surface area contributed by atoms with E-state index in [0.717, 1.165) is 27.8 Å². The number of nitrogens with one attached hydrogen (secondary N) is 1. The molecular formula is C21H29NO4S. The maximum Gasteiger partial charge on any atom is 0.241 e. The molecule has 2 aromatic carbocycles. The zero-order valence-corrected chi connectivity index (χ0v) is 17.8. The second kappa shape index (κ2) is 8.76. The van der Waals surface area contributed by atoms with Gasteiger partial charge in [0.15, 0.2) is 11.5 Å². The van der Waals surface area contributed by atoms with Crippen LogP contribution >= 0.6 is 0 Å². The topological polar surface area (TPSA) is 64.6 Å². The molecule has 2 aromatic rings. The molecule has 5 nitrogen and oxygen atoms in total. The molecule has 0 radical (unpaired) electrons. The van der Waals surface area contributed by atoms with Crippen molar-refractivity contribution in [2.45, 2.75) is 53.0 Å². The summed E-state index contributed by atoms with van der Waals surface area (Å²) in [6, 6.07) is 7.49. The van der Waals surface area contributed by atoms with Gasteiger partial charge in [-0.1, -0.05) is 12.1 Å². The highest BCUT2D eigenvalue weighted by atomic mass is 32.2. The van der Waals surface area contributed by atoms with E-state index >= 15 is 0 Å². The van der Waals surface area contributed by atoms with E-state index in [0.29, 0.717) is 29.6 Å². The van der Waals surface area contributed by atoms with Crippen LogP contribution in [0, 0.1) is 27.7 Å². The predicted octanol–water partition coefficient (Wildman–Crippen LogP) is 4.20. The van der Waals surface area contributed by atoms with Gasteiger partial charge in [0.2, 0.25) is 10.0 Å². The second-order valence-electron chi connectivity index (χ2n) is 6.56. The minimum Gasteiger partial charge on any atom is -0.490 e. The lowest BCUT2D eigenvalue weighted by Gasteiger charge is -2.17. The molecule has 2 rings (SSSR count). The minimum atomic E-state index is -3.63. The third kappa shape index (κ3) is 4.82. The molecule has 0 aliphatic carbocycles. The van der Waals surface area contributed by atoms with Crippen LogP contribution in [0.3, 0.4) is 0 Å². The van der Waals surface area contributed by atoms with E-state index in [9.17, 15) is 8.42 Å². The third-order valence-electron chi connectivity index (χ3n) is 4.64. The molecule has 0 aromatic heterocycles. The first kappa shape index (κ1) is 21.3. The molecule has 0 spiro atoms. The molecule has 27 heavy (non-hydrogen) atoms. The summed E-state index contributed by atoms with van der Waals surface area (Å²) in [5.41, 5.74) is 4.32. The van der Waals surface area contributed by atoms with Crippen molar-refractivity contribution >= 4 is 10.0 Å². The average Bonchev–Trinajstić information content (AvgIpc) is 2.61. The Bertz CT molecular complexity index is 894.